The topological polar surface area (TPSA) is 66.4 Å². The molecule has 19 heavy (non-hydrogen) atoms. The van der Waals surface area contributed by atoms with Crippen molar-refractivity contribution in [2.24, 2.45) is 0 Å². The van der Waals surface area contributed by atoms with Crippen molar-refractivity contribution in [2.45, 2.75) is 37.5 Å². The minimum Gasteiger partial charge on any atom is -0.396 e. The number of nitrogens with one attached hydrogen (secondary N) is 1. The number of para-hydroxylation sites is 1. The number of hydrogen-bond acceptors (Lipinski definition) is 4. The van der Waals surface area contributed by atoms with E-state index in [0.717, 1.165) is 25.8 Å². The third-order valence-electron chi connectivity index (χ3n) is 2.85. The van der Waals surface area contributed by atoms with Crippen LogP contribution in [-0.2, 0) is 9.84 Å². The average Bonchev–Trinajstić information content (AvgIpc) is 2.39. The first-order chi connectivity index (χ1) is 9.11. The molecule has 0 aliphatic heterocycles. The monoisotopic (exact) mass is 285 g/mol. The Labute approximate surface area is 115 Å². The van der Waals surface area contributed by atoms with E-state index in [2.05, 4.69) is 5.32 Å². The lowest BCUT2D eigenvalue weighted by molar-refractivity contribution is 0.283. The summed E-state index contributed by atoms with van der Waals surface area (Å²) in [7, 11) is -3.19. The molecule has 0 aliphatic carbocycles. The minimum atomic E-state index is -3.19. The summed E-state index contributed by atoms with van der Waals surface area (Å²) in [6.07, 6.45) is 3.26. The zero-order valence-electron chi connectivity index (χ0n) is 11.4. The van der Waals surface area contributed by atoms with Gasteiger partial charge in [0.05, 0.1) is 16.3 Å². The molecule has 0 fully saturated rings. The molecule has 0 aliphatic rings. The molecule has 0 saturated heterocycles. The van der Waals surface area contributed by atoms with Crippen LogP contribution < -0.4 is 5.32 Å². The van der Waals surface area contributed by atoms with Gasteiger partial charge in [0.25, 0.3) is 0 Å². The van der Waals surface area contributed by atoms with Crippen LogP contribution in [0.1, 0.15) is 32.6 Å². The van der Waals surface area contributed by atoms with Gasteiger partial charge in [0, 0.05) is 13.2 Å². The van der Waals surface area contributed by atoms with Crippen LogP contribution in [0.2, 0.25) is 0 Å². The maximum absolute atomic E-state index is 12.1. The van der Waals surface area contributed by atoms with Gasteiger partial charge in [-0.15, -0.1) is 0 Å². The van der Waals surface area contributed by atoms with E-state index in [4.69, 9.17) is 5.11 Å². The third-order valence-corrected chi connectivity index (χ3v) is 4.82. The summed E-state index contributed by atoms with van der Waals surface area (Å²) in [6.45, 7) is 2.79. The zero-order chi connectivity index (χ0) is 14.1. The summed E-state index contributed by atoms with van der Waals surface area (Å²) >= 11 is 0. The molecule has 0 spiro atoms. The molecule has 5 heteroatoms. The first-order valence-electron chi connectivity index (χ1n) is 6.78. The number of aliphatic hydroxyl groups excluding tert-OH is 1. The average molecular weight is 285 g/mol. The van der Waals surface area contributed by atoms with Crippen molar-refractivity contribution < 1.29 is 13.5 Å². The van der Waals surface area contributed by atoms with Crippen molar-refractivity contribution in [1.29, 1.82) is 0 Å². The number of hydrogen-bond donors (Lipinski definition) is 2. The van der Waals surface area contributed by atoms with Crippen molar-refractivity contribution in [3.63, 3.8) is 0 Å². The molecule has 0 radical (unpaired) electrons. The highest BCUT2D eigenvalue weighted by Crippen LogP contribution is 2.22. The van der Waals surface area contributed by atoms with E-state index in [9.17, 15) is 8.42 Å². The highest BCUT2D eigenvalue weighted by Gasteiger charge is 2.16. The van der Waals surface area contributed by atoms with Crippen LogP contribution in [0.15, 0.2) is 29.2 Å². The molecule has 0 bridgehead atoms. The van der Waals surface area contributed by atoms with Crippen LogP contribution in [0, 0.1) is 0 Å². The quantitative estimate of drug-likeness (QED) is 0.684. The lowest BCUT2D eigenvalue weighted by Crippen LogP contribution is -2.11. The molecule has 0 saturated carbocycles. The first kappa shape index (κ1) is 16.0. The van der Waals surface area contributed by atoms with Gasteiger partial charge < -0.3 is 10.4 Å². The highest BCUT2D eigenvalue weighted by molar-refractivity contribution is 7.91. The molecule has 108 valence electrons. The summed E-state index contributed by atoms with van der Waals surface area (Å²) in [4.78, 5) is 0.388. The molecular weight excluding hydrogens is 262 g/mol. The molecular formula is C14H23NO3S. The fourth-order valence-corrected chi connectivity index (χ4v) is 3.42. The van der Waals surface area contributed by atoms with Crippen LogP contribution in [0.4, 0.5) is 5.69 Å². The standard InChI is InChI=1S/C14H23NO3S/c1-2-12-19(17,18)14-9-5-4-8-13(14)15-10-6-3-7-11-16/h4-5,8-9,15-16H,2-3,6-7,10-12H2,1H3. The van der Waals surface area contributed by atoms with E-state index >= 15 is 0 Å². The Hall–Kier alpha value is -1.07. The largest absolute Gasteiger partial charge is 0.396 e. The van der Waals surface area contributed by atoms with Crippen LogP contribution in [0.3, 0.4) is 0 Å². The second-order valence-corrected chi connectivity index (χ2v) is 6.60. The fraction of sp³-hybridized carbons (Fsp3) is 0.571. The molecule has 0 atom stereocenters. The van der Waals surface area contributed by atoms with Gasteiger partial charge >= 0.3 is 0 Å². The smallest absolute Gasteiger partial charge is 0.180 e. The molecule has 1 rings (SSSR count). The SMILES string of the molecule is CCCS(=O)(=O)c1ccccc1NCCCCCO. The molecule has 2 N–H and O–H groups in total. The Morgan fingerprint density at radius 1 is 1.16 bits per heavy atom. The van der Waals surface area contributed by atoms with Gasteiger partial charge in [-0.1, -0.05) is 19.1 Å². The Bertz CT molecular complexity index is 471. The number of benzene rings is 1. The van der Waals surface area contributed by atoms with Gasteiger partial charge in [0.1, 0.15) is 0 Å². The van der Waals surface area contributed by atoms with Gasteiger partial charge in [0.2, 0.25) is 0 Å². The summed E-state index contributed by atoms with van der Waals surface area (Å²) < 4.78 is 24.2. The summed E-state index contributed by atoms with van der Waals surface area (Å²) in [5.41, 5.74) is 0.681. The Morgan fingerprint density at radius 3 is 2.58 bits per heavy atom. The molecule has 0 heterocycles. The maximum Gasteiger partial charge on any atom is 0.180 e. The summed E-state index contributed by atoms with van der Waals surface area (Å²) in [6, 6.07) is 7.04. The molecule has 4 nitrogen and oxygen atoms in total. The predicted molar refractivity (Wildman–Crippen MR) is 78.2 cm³/mol. The van der Waals surface area contributed by atoms with E-state index in [1.54, 1.807) is 18.2 Å². The van der Waals surface area contributed by atoms with Gasteiger partial charge in [-0.25, -0.2) is 8.42 Å². The molecule has 1 aromatic rings. The lowest BCUT2D eigenvalue weighted by atomic mass is 10.2. The van der Waals surface area contributed by atoms with E-state index in [-0.39, 0.29) is 12.4 Å². The summed E-state index contributed by atoms with van der Waals surface area (Å²) in [5.74, 6) is 0.177. The van der Waals surface area contributed by atoms with Crippen molar-refractivity contribution in [1.82, 2.24) is 0 Å². The van der Waals surface area contributed by atoms with Crippen molar-refractivity contribution in [2.75, 3.05) is 24.2 Å². The van der Waals surface area contributed by atoms with E-state index in [1.807, 2.05) is 13.0 Å². The Kier molecular flexibility index (Phi) is 6.87. The number of unbranched alkanes of at least 4 members (excludes halogenated alkanes) is 2. The molecule has 0 aromatic heterocycles. The van der Waals surface area contributed by atoms with Gasteiger partial charge in [-0.05, 0) is 37.8 Å². The predicted octanol–water partition coefficient (Wildman–Crippen LogP) is 2.44. The van der Waals surface area contributed by atoms with E-state index in [1.165, 1.54) is 0 Å². The molecule has 0 unspecified atom stereocenters. The van der Waals surface area contributed by atoms with Crippen molar-refractivity contribution in [3.05, 3.63) is 24.3 Å². The van der Waals surface area contributed by atoms with Crippen LogP contribution in [0.25, 0.3) is 0 Å². The molecule has 0 amide bonds. The first-order valence-corrected chi connectivity index (χ1v) is 8.43. The van der Waals surface area contributed by atoms with E-state index in [0.29, 0.717) is 17.0 Å². The minimum absolute atomic E-state index is 0.177. The highest BCUT2D eigenvalue weighted by atomic mass is 32.2. The van der Waals surface area contributed by atoms with Gasteiger partial charge in [-0.2, -0.15) is 0 Å². The van der Waals surface area contributed by atoms with Crippen molar-refractivity contribution in [3.8, 4) is 0 Å². The van der Waals surface area contributed by atoms with Gasteiger partial charge in [0.15, 0.2) is 9.84 Å². The third kappa shape index (κ3) is 5.20. The second-order valence-electron chi connectivity index (χ2n) is 4.53. The molecule has 1 aromatic carbocycles. The number of sulfone groups is 1. The Balaban J connectivity index is 2.68. The Morgan fingerprint density at radius 2 is 1.89 bits per heavy atom. The number of aliphatic hydroxyl groups is 1. The normalized spacial score (nSPS) is 11.5. The van der Waals surface area contributed by atoms with Crippen molar-refractivity contribution >= 4 is 15.5 Å². The maximum atomic E-state index is 12.1. The van der Waals surface area contributed by atoms with E-state index < -0.39 is 9.84 Å². The number of rotatable bonds is 9. The zero-order valence-corrected chi connectivity index (χ0v) is 12.2. The van der Waals surface area contributed by atoms with Gasteiger partial charge in [-0.3, -0.25) is 0 Å². The van der Waals surface area contributed by atoms with Crippen LogP contribution in [0.5, 0.6) is 0 Å². The van der Waals surface area contributed by atoms with Crippen LogP contribution in [-0.4, -0.2) is 32.4 Å². The lowest BCUT2D eigenvalue weighted by Gasteiger charge is -2.12. The number of anilines is 1. The summed E-state index contributed by atoms with van der Waals surface area (Å²) in [5, 5.41) is 11.9. The van der Waals surface area contributed by atoms with Crippen LogP contribution >= 0.6 is 0 Å². The second kappa shape index (κ2) is 8.17. The fourth-order valence-electron chi connectivity index (χ4n) is 1.90.